The molecule has 0 radical (unpaired) electrons. The molecule has 12 heteroatoms. The van der Waals surface area contributed by atoms with Crippen LogP contribution < -0.4 is 4.72 Å². The normalized spacial score (nSPS) is 24.2. The lowest BCUT2D eigenvalue weighted by Crippen LogP contribution is -2.48. The second-order valence-corrected chi connectivity index (χ2v) is 11.3. The molecule has 1 saturated heterocycles. The molecule has 1 fully saturated rings. The molecule has 0 bridgehead atoms. The van der Waals surface area contributed by atoms with Gasteiger partial charge in [0.05, 0.1) is 17.8 Å². The number of rotatable bonds is 11. The maximum atomic E-state index is 12.7. The Kier molecular flexibility index (Phi) is 8.82. The van der Waals surface area contributed by atoms with Gasteiger partial charge in [-0.1, -0.05) is 48.0 Å². The van der Waals surface area contributed by atoms with Crippen molar-refractivity contribution in [2.45, 2.75) is 49.1 Å². The second-order valence-electron chi connectivity index (χ2n) is 7.96. The maximum absolute atomic E-state index is 12.7. The highest BCUT2D eigenvalue weighted by molar-refractivity contribution is 7.89. The molecule has 0 unspecified atom stereocenters. The van der Waals surface area contributed by atoms with Crippen LogP contribution in [0.1, 0.15) is 11.1 Å². The fraction of sp³-hybridized carbons (Fsp3) is 0.455. The highest BCUT2D eigenvalue weighted by Gasteiger charge is 2.49. The highest BCUT2D eigenvalue weighted by atomic mass is 32.2. The molecule has 10 nitrogen and oxygen atoms in total. The van der Waals surface area contributed by atoms with Crippen molar-refractivity contribution >= 4 is 20.1 Å². The zero-order valence-corrected chi connectivity index (χ0v) is 20.7. The Morgan fingerprint density at radius 1 is 1.06 bits per heavy atom. The third-order valence-corrected chi connectivity index (χ3v) is 7.25. The third-order valence-electron chi connectivity index (χ3n) is 5.22. The average Bonchev–Trinajstić information content (AvgIpc) is 3.11. The fourth-order valence-electron chi connectivity index (χ4n) is 3.54. The van der Waals surface area contributed by atoms with E-state index in [1.165, 1.54) is 19.2 Å². The molecule has 0 spiro atoms. The number of hydrogen-bond acceptors (Lipinski definition) is 9. The van der Waals surface area contributed by atoms with Crippen LogP contribution in [-0.4, -0.2) is 72.6 Å². The van der Waals surface area contributed by atoms with Crippen molar-refractivity contribution in [1.29, 1.82) is 0 Å². The summed E-state index contributed by atoms with van der Waals surface area (Å²) >= 11 is 0. The average molecular weight is 516 g/mol. The number of aliphatic hydroxyl groups excluding tert-OH is 1. The van der Waals surface area contributed by atoms with E-state index in [2.05, 4.69) is 4.72 Å². The van der Waals surface area contributed by atoms with Crippen LogP contribution in [-0.2, 0) is 45.1 Å². The first kappa shape index (κ1) is 26.7. The monoisotopic (exact) mass is 515 g/mol. The lowest BCUT2D eigenvalue weighted by Gasteiger charge is -2.27. The van der Waals surface area contributed by atoms with E-state index >= 15 is 0 Å². The number of aryl methyl sites for hydroxylation is 1. The Bertz CT molecular complexity index is 1140. The molecule has 34 heavy (non-hydrogen) atoms. The molecular weight excluding hydrogens is 486 g/mol. The number of methoxy groups -OCH3 is 1. The van der Waals surface area contributed by atoms with Gasteiger partial charge in [-0.15, -0.1) is 0 Å². The summed E-state index contributed by atoms with van der Waals surface area (Å²) in [5, 5.41) is 10.7. The predicted molar refractivity (Wildman–Crippen MR) is 123 cm³/mol. The predicted octanol–water partition coefficient (Wildman–Crippen LogP) is 0.936. The van der Waals surface area contributed by atoms with Crippen LogP contribution in [0.15, 0.2) is 59.5 Å². The second kappa shape index (κ2) is 11.2. The summed E-state index contributed by atoms with van der Waals surface area (Å²) < 4.78 is 73.6. The van der Waals surface area contributed by atoms with E-state index in [0.29, 0.717) is 0 Å². The number of ether oxygens (including phenoxy) is 3. The SMILES string of the molecule is CO[C@H]1O[C@H]([C@@H](CNS(=O)(=O)c2ccc(C)cc2)OS(C)(=O)=O)[C@H](OCc2ccccc2)[C@H]1O. The van der Waals surface area contributed by atoms with Gasteiger partial charge < -0.3 is 19.3 Å². The van der Waals surface area contributed by atoms with Gasteiger partial charge in [-0.25, -0.2) is 13.1 Å². The van der Waals surface area contributed by atoms with Gasteiger partial charge in [0, 0.05) is 13.7 Å². The van der Waals surface area contributed by atoms with Crippen LogP contribution in [0.3, 0.4) is 0 Å². The molecule has 3 rings (SSSR count). The molecule has 0 aliphatic carbocycles. The first-order chi connectivity index (χ1) is 16.0. The molecule has 0 aromatic heterocycles. The van der Waals surface area contributed by atoms with Crippen molar-refractivity contribution in [3.63, 3.8) is 0 Å². The van der Waals surface area contributed by atoms with Crippen molar-refractivity contribution in [3.05, 3.63) is 65.7 Å². The van der Waals surface area contributed by atoms with E-state index in [1.54, 1.807) is 12.1 Å². The van der Waals surface area contributed by atoms with Crippen molar-refractivity contribution in [2.24, 2.45) is 0 Å². The molecule has 5 atom stereocenters. The van der Waals surface area contributed by atoms with Gasteiger partial charge >= 0.3 is 0 Å². The number of aliphatic hydroxyl groups is 1. The molecule has 0 amide bonds. The van der Waals surface area contributed by atoms with Crippen molar-refractivity contribution < 1.29 is 40.3 Å². The summed E-state index contributed by atoms with van der Waals surface area (Å²) in [6, 6.07) is 15.3. The first-order valence-electron chi connectivity index (χ1n) is 10.5. The third kappa shape index (κ3) is 7.06. The van der Waals surface area contributed by atoms with Crippen LogP contribution in [0, 0.1) is 6.92 Å². The number of hydrogen-bond donors (Lipinski definition) is 2. The van der Waals surface area contributed by atoms with E-state index in [9.17, 15) is 21.9 Å². The molecule has 0 saturated carbocycles. The number of benzene rings is 2. The maximum Gasteiger partial charge on any atom is 0.264 e. The largest absolute Gasteiger partial charge is 0.385 e. The fourth-order valence-corrected chi connectivity index (χ4v) is 5.21. The molecular formula is C22H29NO9S2. The number of nitrogens with one attached hydrogen (secondary N) is 1. The minimum absolute atomic E-state index is 0.00947. The Balaban J connectivity index is 1.82. The van der Waals surface area contributed by atoms with E-state index < -0.39 is 57.4 Å². The molecule has 2 aromatic rings. The van der Waals surface area contributed by atoms with Crippen molar-refractivity contribution in [3.8, 4) is 0 Å². The zero-order chi connectivity index (χ0) is 24.9. The lowest BCUT2D eigenvalue weighted by atomic mass is 10.1. The van der Waals surface area contributed by atoms with Crippen LogP contribution >= 0.6 is 0 Å². The molecule has 2 N–H and O–H groups in total. The molecule has 1 heterocycles. The molecule has 1 aliphatic rings. The number of sulfonamides is 1. The Morgan fingerprint density at radius 2 is 1.71 bits per heavy atom. The quantitative estimate of drug-likeness (QED) is 0.419. The van der Waals surface area contributed by atoms with Gasteiger partial charge in [0.25, 0.3) is 10.1 Å². The standard InChI is InChI=1S/C22H29NO9S2/c1-15-9-11-17(12-10-15)34(27,28)23-13-18(32-33(3,25)26)20-21(19(24)22(29-2)31-20)30-14-16-7-5-4-6-8-16/h4-12,18-24H,13-14H2,1-3H3/t18-,19-,20-,21-,22+/m1/s1. The summed E-state index contributed by atoms with van der Waals surface area (Å²) in [6.07, 6.45) is -5.10. The summed E-state index contributed by atoms with van der Waals surface area (Å²) in [5.74, 6) is 0. The minimum Gasteiger partial charge on any atom is -0.385 e. The van der Waals surface area contributed by atoms with Crippen LogP contribution in [0.4, 0.5) is 0 Å². The summed E-state index contributed by atoms with van der Waals surface area (Å²) in [5.41, 5.74) is 1.70. The smallest absolute Gasteiger partial charge is 0.264 e. The van der Waals surface area contributed by atoms with Crippen LogP contribution in [0.5, 0.6) is 0 Å². The summed E-state index contributed by atoms with van der Waals surface area (Å²) in [4.78, 5) is 0.00947. The van der Waals surface area contributed by atoms with E-state index in [4.69, 9.17) is 18.4 Å². The Labute approximate surface area is 200 Å². The Morgan fingerprint density at radius 3 is 2.29 bits per heavy atom. The van der Waals surface area contributed by atoms with Gasteiger partial charge in [0.2, 0.25) is 10.0 Å². The van der Waals surface area contributed by atoms with Gasteiger partial charge in [0.15, 0.2) is 6.29 Å². The van der Waals surface area contributed by atoms with Crippen LogP contribution in [0.2, 0.25) is 0 Å². The Hall–Kier alpha value is -1.90. The summed E-state index contributed by atoms with van der Waals surface area (Å²) in [7, 11) is -6.68. The molecule has 1 aliphatic heterocycles. The van der Waals surface area contributed by atoms with Gasteiger partial charge in [-0.3, -0.25) is 4.18 Å². The molecule has 188 valence electrons. The summed E-state index contributed by atoms with van der Waals surface area (Å²) in [6.45, 7) is 1.46. The van der Waals surface area contributed by atoms with Gasteiger partial charge in [-0.2, -0.15) is 8.42 Å². The van der Waals surface area contributed by atoms with Crippen molar-refractivity contribution in [1.82, 2.24) is 4.72 Å². The van der Waals surface area contributed by atoms with Crippen LogP contribution in [0.25, 0.3) is 0 Å². The molecule has 2 aromatic carbocycles. The lowest BCUT2D eigenvalue weighted by molar-refractivity contribution is -0.159. The van der Waals surface area contributed by atoms with Gasteiger partial charge in [-0.05, 0) is 24.6 Å². The van der Waals surface area contributed by atoms with E-state index in [-0.39, 0.29) is 11.5 Å². The topological polar surface area (TPSA) is 137 Å². The minimum atomic E-state index is -4.02. The van der Waals surface area contributed by atoms with Gasteiger partial charge in [0.1, 0.15) is 24.4 Å². The van der Waals surface area contributed by atoms with E-state index in [0.717, 1.165) is 17.4 Å². The van der Waals surface area contributed by atoms with Crippen molar-refractivity contribution in [2.75, 3.05) is 19.9 Å². The highest BCUT2D eigenvalue weighted by Crippen LogP contribution is 2.29. The van der Waals surface area contributed by atoms with E-state index in [1.807, 2.05) is 37.3 Å². The first-order valence-corrected chi connectivity index (χ1v) is 13.8. The zero-order valence-electron chi connectivity index (χ0n) is 19.0.